The van der Waals surface area contributed by atoms with Crippen LogP contribution in [-0.2, 0) is 29.4 Å². The topological polar surface area (TPSA) is 103 Å². The lowest BCUT2D eigenvalue weighted by atomic mass is 10.2. The van der Waals surface area contributed by atoms with Gasteiger partial charge in [-0.3, -0.25) is 4.68 Å². The lowest BCUT2D eigenvalue weighted by molar-refractivity contribution is 0.578. The minimum Gasteiger partial charge on any atom is -0.398 e. The molecule has 3 N–H and O–H groups in total. The van der Waals surface area contributed by atoms with Crippen LogP contribution in [0.1, 0.15) is 11.4 Å². The first-order valence-corrected chi connectivity index (χ1v) is 7.27. The maximum Gasteiger partial charge on any atom is 0.216 e. The molecule has 0 amide bonds. The Hall–Kier alpha value is -1.93. The fraction of sp³-hybridized carbons (Fsp3) is 0.273. The molecular formula is C11H15N5O2S. The molecule has 2 rings (SSSR count). The number of aromatic nitrogens is 3. The van der Waals surface area contributed by atoms with Crippen LogP contribution in [-0.4, -0.2) is 23.2 Å². The zero-order valence-corrected chi connectivity index (χ0v) is 11.3. The van der Waals surface area contributed by atoms with E-state index in [1.165, 1.54) is 11.0 Å². The molecule has 7 nitrogen and oxygen atoms in total. The van der Waals surface area contributed by atoms with E-state index in [1.54, 1.807) is 31.3 Å². The molecule has 0 bridgehead atoms. The third-order valence-corrected chi connectivity index (χ3v) is 3.77. The van der Waals surface area contributed by atoms with Crippen molar-refractivity contribution in [2.45, 2.75) is 12.3 Å². The van der Waals surface area contributed by atoms with Gasteiger partial charge in [-0.25, -0.2) is 18.1 Å². The molecule has 0 saturated heterocycles. The van der Waals surface area contributed by atoms with Gasteiger partial charge in [0.1, 0.15) is 6.33 Å². The number of nitrogen functional groups attached to an aromatic ring is 1. The lowest BCUT2D eigenvalue weighted by Gasteiger charge is -2.07. The normalized spacial score (nSPS) is 11.6. The Morgan fingerprint density at radius 3 is 2.74 bits per heavy atom. The summed E-state index contributed by atoms with van der Waals surface area (Å²) in [4.78, 5) is 3.94. The van der Waals surface area contributed by atoms with Gasteiger partial charge in [0.15, 0.2) is 5.82 Å². The molecule has 0 saturated carbocycles. The predicted molar refractivity (Wildman–Crippen MR) is 71.3 cm³/mol. The smallest absolute Gasteiger partial charge is 0.216 e. The highest BCUT2D eigenvalue weighted by molar-refractivity contribution is 7.88. The molecule has 0 radical (unpaired) electrons. The molecule has 0 aliphatic heterocycles. The fourth-order valence-electron chi connectivity index (χ4n) is 1.56. The van der Waals surface area contributed by atoms with Crippen molar-refractivity contribution in [3.05, 3.63) is 42.0 Å². The number of benzene rings is 1. The minimum absolute atomic E-state index is 0.0654. The van der Waals surface area contributed by atoms with Gasteiger partial charge in [-0.1, -0.05) is 18.2 Å². The van der Waals surface area contributed by atoms with Gasteiger partial charge in [-0.05, 0) is 11.6 Å². The van der Waals surface area contributed by atoms with Gasteiger partial charge < -0.3 is 5.73 Å². The molecule has 0 aliphatic rings. The van der Waals surface area contributed by atoms with Gasteiger partial charge in [0, 0.05) is 12.7 Å². The van der Waals surface area contributed by atoms with E-state index in [9.17, 15) is 8.42 Å². The van der Waals surface area contributed by atoms with Crippen LogP contribution >= 0.6 is 0 Å². The number of rotatable bonds is 5. The second kappa shape index (κ2) is 5.37. The van der Waals surface area contributed by atoms with Crippen molar-refractivity contribution in [1.82, 2.24) is 19.5 Å². The molecule has 2 aromatic rings. The highest BCUT2D eigenvalue weighted by Gasteiger charge is 2.14. The van der Waals surface area contributed by atoms with E-state index in [2.05, 4.69) is 14.8 Å². The number of nitrogens with zero attached hydrogens (tertiary/aromatic N) is 3. The van der Waals surface area contributed by atoms with Crippen LogP contribution in [0.25, 0.3) is 0 Å². The fourth-order valence-corrected chi connectivity index (χ4v) is 2.68. The van der Waals surface area contributed by atoms with Gasteiger partial charge in [0.2, 0.25) is 10.0 Å². The minimum atomic E-state index is -3.47. The lowest BCUT2D eigenvalue weighted by Crippen LogP contribution is -2.25. The summed E-state index contributed by atoms with van der Waals surface area (Å²) >= 11 is 0. The van der Waals surface area contributed by atoms with E-state index in [-0.39, 0.29) is 12.3 Å². The summed E-state index contributed by atoms with van der Waals surface area (Å²) in [7, 11) is -1.75. The molecule has 0 aliphatic carbocycles. The summed E-state index contributed by atoms with van der Waals surface area (Å²) in [6, 6.07) is 6.87. The summed E-state index contributed by atoms with van der Waals surface area (Å²) in [5.74, 6) is 0.263. The van der Waals surface area contributed by atoms with E-state index < -0.39 is 10.0 Å². The van der Waals surface area contributed by atoms with Gasteiger partial charge in [0.05, 0.1) is 12.3 Å². The summed E-state index contributed by atoms with van der Waals surface area (Å²) < 4.78 is 27.8. The third kappa shape index (κ3) is 3.76. The van der Waals surface area contributed by atoms with Crippen LogP contribution in [0.2, 0.25) is 0 Å². The highest BCUT2D eigenvalue weighted by Crippen LogP contribution is 2.13. The molecule has 0 unspecified atom stereocenters. The molecule has 0 spiro atoms. The molecule has 102 valence electrons. The Balaban J connectivity index is 2.01. The monoisotopic (exact) mass is 281 g/mol. The Bertz CT molecular complexity index is 665. The second-order valence-electron chi connectivity index (χ2n) is 4.11. The number of nitrogens with one attached hydrogen (secondary N) is 1. The number of nitrogens with two attached hydrogens (primary N) is 1. The largest absolute Gasteiger partial charge is 0.398 e. The summed E-state index contributed by atoms with van der Waals surface area (Å²) in [5.41, 5.74) is 6.75. The summed E-state index contributed by atoms with van der Waals surface area (Å²) in [5, 5.41) is 3.99. The summed E-state index contributed by atoms with van der Waals surface area (Å²) in [6.45, 7) is 0.0654. The van der Waals surface area contributed by atoms with Crippen molar-refractivity contribution in [3.8, 4) is 0 Å². The number of aryl methyl sites for hydroxylation is 1. The SMILES string of the molecule is Cn1cnc(CNS(=O)(=O)Cc2ccccc2N)n1. The molecule has 0 fully saturated rings. The number of sulfonamides is 1. The molecule has 1 heterocycles. The Kier molecular flexibility index (Phi) is 3.82. The summed E-state index contributed by atoms with van der Waals surface area (Å²) in [6.07, 6.45) is 1.51. The number of anilines is 1. The van der Waals surface area contributed by atoms with E-state index in [0.29, 0.717) is 17.1 Å². The first-order valence-electron chi connectivity index (χ1n) is 5.61. The molecular weight excluding hydrogens is 266 g/mol. The zero-order valence-electron chi connectivity index (χ0n) is 10.4. The maximum atomic E-state index is 11.9. The van der Waals surface area contributed by atoms with E-state index in [1.807, 2.05) is 0 Å². The Morgan fingerprint density at radius 2 is 2.11 bits per heavy atom. The first-order chi connectivity index (χ1) is 8.96. The van der Waals surface area contributed by atoms with Gasteiger partial charge in [0.25, 0.3) is 0 Å². The van der Waals surface area contributed by atoms with Gasteiger partial charge in [-0.15, -0.1) is 0 Å². The van der Waals surface area contributed by atoms with Gasteiger partial charge >= 0.3 is 0 Å². The highest BCUT2D eigenvalue weighted by atomic mass is 32.2. The van der Waals surface area contributed by atoms with E-state index >= 15 is 0 Å². The zero-order chi connectivity index (χ0) is 13.9. The maximum absolute atomic E-state index is 11.9. The molecule has 8 heteroatoms. The number of hydrogen-bond acceptors (Lipinski definition) is 5. The standard InChI is InChI=1S/C11H15N5O2S/c1-16-8-13-11(15-16)6-14-19(17,18)7-9-4-2-3-5-10(9)12/h2-5,8,14H,6-7,12H2,1H3. The van der Waals surface area contributed by atoms with Crippen LogP contribution < -0.4 is 10.5 Å². The second-order valence-corrected chi connectivity index (χ2v) is 5.92. The van der Waals surface area contributed by atoms with Crippen LogP contribution in [0, 0.1) is 0 Å². The van der Waals surface area contributed by atoms with Gasteiger partial charge in [-0.2, -0.15) is 5.10 Å². The van der Waals surface area contributed by atoms with Crippen molar-refractivity contribution in [2.75, 3.05) is 5.73 Å². The molecule has 19 heavy (non-hydrogen) atoms. The average Bonchev–Trinajstić information content (AvgIpc) is 2.76. The van der Waals surface area contributed by atoms with Crippen molar-refractivity contribution in [1.29, 1.82) is 0 Å². The van der Waals surface area contributed by atoms with E-state index in [4.69, 9.17) is 5.73 Å². The number of para-hydroxylation sites is 1. The van der Waals surface area contributed by atoms with Crippen LogP contribution in [0.5, 0.6) is 0 Å². The van der Waals surface area contributed by atoms with Crippen LogP contribution in [0.4, 0.5) is 5.69 Å². The quantitative estimate of drug-likeness (QED) is 0.752. The molecule has 0 atom stereocenters. The van der Waals surface area contributed by atoms with Crippen molar-refractivity contribution in [3.63, 3.8) is 0 Å². The van der Waals surface area contributed by atoms with Crippen molar-refractivity contribution < 1.29 is 8.42 Å². The third-order valence-electron chi connectivity index (χ3n) is 2.50. The first kappa shape index (κ1) is 13.5. The van der Waals surface area contributed by atoms with Crippen molar-refractivity contribution in [2.24, 2.45) is 7.05 Å². The number of hydrogen-bond donors (Lipinski definition) is 2. The van der Waals surface area contributed by atoms with Crippen molar-refractivity contribution >= 4 is 15.7 Å². The van der Waals surface area contributed by atoms with Crippen LogP contribution in [0.15, 0.2) is 30.6 Å². The Labute approximate surface area is 111 Å². The van der Waals surface area contributed by atoms with E-state index in [0.717, 1.165) is 0 Å². The predicted octanol–water partition coefficient (Wildman–Crippen LogP) is 0.0169. The average molecular weight is 281 g/mol. The van der Waals surface area contributed by atoms with Crippen LogP contribution in [0.3, 0.4) is 0 Å². The molecule has 1 aromatic carbocycles. The molecule has 1 aromatic heterocycles. The Morgan fingerprint density at radius 1 is 1.37 bits per heavy atom.